The monoisotopic (exact) mass is 207 g/mol. The van der Waals surface area contributed by atoms with E-state index in [1.54, 1.807) is 6.20 Å². The average Bonchev–Trinajstić information content (AvgIpc) is 2.71. The minimum absolute atomic E-state index is 0.249. The summed E-state index contributed by atoms with van der Waals surface area (Å²) in [6.07, 6.45) is 5.58. The van der Waals surface area contributed by atoms with Crippen LogP contribution in [0.15, 0.2) is 12.4 Å². The number of nitrogens with two attached hydrogens (primary N) is 1. The molecule has 15 heavy (non-hydrogen) atoms. The van der Waals surface area contributed by atoms with Crippen molar-refractivity contribution in [2.24, 2.45) is 5.73 Å². The summed E-state index contributed by atoms with van der Waals surface area (Å²) in [5.41, 5.74) is 5.15. The van der Waals surface area contributed by atoms with Gasteiger partial charge in [0.2, 0.25) is 5.91 Å². The number of nitrogens with zero attached hydrogens (tertiary/aromatic N) is 3. The SMILES string of the molecule is NC(=O)CN1CCC(n2c[c]cn2)CC1. The molecule has 81 valence electrons. The number of likely N-dealkylation sites (tertiary alicyclic amines) is 1. The van der Waals surface area contributed by atoms with Gasteiger partial charge < -0.3 is 5.73 Å². The molecule has 1 aliphatic rings. The summed E-state index contributed by atoms with van der Waals surface area (Å²) in [5.74, 6) is -0.249. The lowest BCUT2D eigenvalue weighted by atomic mass is 10.1. The van der Waals surface area contributed by atoms with Gasteiger partial charge in [0.05, 0.1) is 18.8 Å². The van der Waals surface area contributed by atoms with Gasteiger partial charge in [-0.15, -0.1) is 0 Å². The first kappa shape index (κ1) is 10.2. The summed E-state index contributed by atoms with van der Waals surface area (Å²) in [6, 6.07) is 3.38. The molecule has 0 aromatic carbocycles. The van der Waals surface area contributed by atoms with Crippen molar-refractivity contribution in [3.8, 4) is 0 Å². The molecule has 1 radical (unpaired) electrons. The normalized spacial score (nSPS) is 19.2. The first-order valence-corrected chi connectivity index (χ1v) is 5.16. The molecule has 0 aliphatic carbocycles. The molecule has 1 aromatic rings. The molecule has 0 unspecified atom stereocenters. The lowest BCUT2D eigenvalue weighted by Crippen LogP contribution is -2.40. The molecule has 1 amide bonds. The standard InChI is InChI=1S/C10H15N4O/c11-10(15)8-13-6-2-9(3-7-13)14-5-1-4-12-14/h4-5,9H,2-3,6-8H2,(H2,11,15). The third-order valence-electron chi connectivity index (χ3n) is 2.78. The number of piperidine rings is 1. The minimum Gasteiger partial charge on any atom is -0.369 e. The van der Waals surface area contributed by atoms with Gasteiger partial charge >= 0.3 is 0 Å². The average molecular weight is 207 g/mol. The van der Waals surface area contributed by atoms with Gasteiger partial charge in [-0.1, -0.05) is 0 Å². The van der Waals surface area contributed by atoms with Gasteiger partial charge in [0.25, 0.3) is 0 Å². The lowest BCUT2D eigenvalue weighted by Gasteiger charge is -2.30. The van der Waals surface area contributed by atoms with Crippen molar-refractivity contribution in [2.75, 3.05) is 19.6 Å². The highest BCUT2D eigenvalue weighted by Crippen LogP contribution is 2.20. The number of amides is 1. The Labute approximate surface area is 88.8 Å². The molecule has 2 rings (SSSR count). The molecular formula is C10H15N4O. The van der Waals surface area contributed by atoms with E-state index in [1.807, 2.05) is 10.9 Å². The Hall–Kier alpha value is -1.36. The Kier molecular flexibility index (Phi) is 3.01. The van der Waals surface area contributed by atoms with Gasteiger partial charge in [0, 0.05) is 25.4 Å². The number of hydrogen-bond acceptors (Lipinski definition) is 3. The molecule has 0 saturated carbocycles. The van der Waals surface area contributed by atoms with E-state index in [0.717, 1.165) is 25.9 Å². The first-order valence-electron chi connectivity index (χ1n) is 5.16. The van der Waals surface area contributed by atoms with Crippen molar-refractivity contribution < 1.29 is 4.79 Å². The van der Waals surface area contributed by atoms with E-state index in [4.69, 9.17) is 5.73 Å². The van der Waals surface area contributed by atoms with E-state index < -0.39 is 0 Å². The smallest absolute Gasteiger partial charge is 0.231 e. The third kappa shape index (κ3) is 2.56. The topological polar surface area (TPSA) is 64.2 Å². The van der Waals surface area contributed by atoms with Crippen LogP contribution in [0.5, 0.6) is 0 Å². The first-order chi connectivity index (χ1) is 7.25. The van der Waals surface area contributed by atoms with E-state index in [9.17, 15) is 4.79 Å². The summed E-state index contributed by atoms with van der Waals surface area (Å²) in [5, 5.41) is 4.18. The van der Waals surface area contributed by atoms with E-state index in [-0.39, 0.29) is 5.91 Å². The van der Waals surface area contributed by atoms with Crippen LogP contribution in [0.25, 0.3) is 0 Å². The van der Waals surface area contributed by atoms with Gasteiger partial charge in [-0.05, 0) is 12.8 Å². The quantitative estimate of drug-likeness (QED) is 0.747. The van der Waals surface area contributed by atoms with Crippen molar-refractivity contribution in [2.45, 2.75) is 18.9 Å². The maximum Gasteiger partial charge on any atom is 0.231 e. The van der Waals surface area contributed by atoms with E-state index in [1.165, 1.54) is 0 Å². The molecule has 0 spiro atoms. The van der Waals surface area contributed by atoms with Crippen LogP contribution in [0.3, 0.4) is 0 Å². The maximum atomic E-state index is 10.7. The molecule has 1 fully saturated rings. The Morgan fingerprint density at radius 3 is 2.80 bits per heavy atom. The zero-order valence-electron chi connectivity index (χ0n) is 8.59. The van der Waals surface area contributed by atoms with Crippen LogP contribution < -0.4 is 5.73 Å². The molecular weight excluding hydrogens is 192 g/mol. The molecule has 2 heterocycles. The Morgan fingerprint density at radius 2 is 2.27 bits per heavy atom. The van der Waals surface area contributed by atoms with E-state index in [0.29, 0.717) is 12.6 Å². The lowest BCUT2D eigenvalue weighted by molar-refractivity contribution is -0.119. The highest BCUT2D eigenvalue weighted by atomic mass is 16.1. The van der Waals surface area contributed by atoms with Crippen molar-refractivity contribution in [1.82, 2.24) is 14.7 Å². The molecule has 1 saturated heterocycles. The molecule has 5 heteroatoms. The number of hydrogen-bond donors (Lipinski definition) is 1. The highest BCUT2D eigenvalue weighted by Gasteiger charge is 2.21. The predicted molar refractivity (Wildman–Crippen MR) is 55.0 cm³/mol. The molecule has 0 atom stereocenters. The highest BCUT2D eigenvalue weighted by molar-refractivity contribution is 5.75. The van der Waals surface area contributed by atoms with Crippen LogP contribution in [0.4, 0.5) is 0 Å². The molecule has 1 aliphatic heterocycles. The Bertz CT molecular complexity index is 314. The molecule has 0 bridgehead atoms. The van der Waals surface area contributed by atoms with Crippen molar-refractivity contribution in [3.63, 3.8) is 0 Å². The zero-order chi connectivity index (χ0) is 10.7. The van der Waals surface area contributed by atoms with Crippen LogP contribution in [-0.2, 0) is 4.79 Å². The van der Waals surface area contributed by atoms with Gasteiger partial charge in [-0.25, -0.2) is 0 Å². The van der Waals surface area contributed by atoms with Gasteiger partial charge in [-0.2, -0.15) is 5.10 Å². The zero-order valence-corrected chi connectivity index (χ0v) is 8.59. The third-order valence-corrected chi connectivity index (χ3v) is 2.78. The maximum absolute atomic E-state index is 10.7. The van der Waals surface area contributed by atoms with Crippen LogP contribution >= 0.6 is 0 Å². The summed E-state index contributed by atoms with van der Waals surface area (Å²) >= 11 is 0. The fourth-order valence-electron chi connectivity index (χ4n) is 2.01. The number of aromatic nitrogens is 2. The summed E-state index contributed by atoms with van der Waals surface area (Å²) in [6.45, 7) is 2.19. The Balaban J connectivity index is 1.84. The predicted octanol–water partition coefficient (Wildman–Crippen LogP) is -0.195. The van der Waals surface area contributed by atoms with Crippen molar-refractivity contribution in [3.05, 3.63) is 18.5 Å². The van der Waals surface area contributed by atoms with Crippen molar-refractivity contribution in [1.29, 1.82) is 0 Å². The number of carbonyl (C=O) groups excluding carboxylic acids is 1. The molecule has 1 aromatic heterocycles. The van der Waals surface area contributed by atoms with E-state index in [2.05, 4.69) is 16.1 Å². The van der Waals surface area contributed by atoms with Crippen LogP contribution in [-0.4, -0.2) is 40.2 Å². The molecule has 2 N–H and O–H groups in total. The second-order valence-corrected chi connectivity index (χ2v) is 3.89. The van der Waals surface area contributed by atoms with Gasteiger partial charge in [0.15, 0.2) is 0 Å². The van der Waals surface area contributed by atoms with Crippen LogP contribution in [0.1, 0.15) is 18.9 Å². The fraction of sp³-hybridized carbons (Fsp3) is 0.600. The number of carbonyl (C=O) groups is 1. The summed E-state index contributed by atoms with van der Waals surface area (Å²) in [4.78, 5) is 12.8. The van der Waals surface area contributed by atoms with Crippen LogP contribution in [0.2, 0.25) is 0 Å². The summed E-state index contributed by atoms with van der Waals surface area (Å²) in [7, 11) is 0. The van der Waals surface area contributed by atoms with Gasteiger partial charge in [0.1, 0.15) is 0 Å². The van der Waals surface area contributed by atoms with Gasteiger partial charge in [-0.3, -0.25) is 14.4 Å². The second kappa shape index (κ2) is 4.44. The number of rotatable bonds is 3. The second-order valence-electron chi connectivity index (χ2n) is 3.89. The Morgan fingerprint density at radius 1 is 1.53 bits per heavy atom. The van der Waals surface area contributed by atoms with Crippen molar-refractivity contribution >= 4 is 5.91 Å². The fourth-order valence-corrected chi connectivity index (χ4v) is 2.01. The molecule has 5 nitrogen and oxygen atoms in total. The van der Waals surface area contributed by atoms with E-state index >= 15 is 0 Å². The summed E-state index contributed by atoms with van der Waals surface area (Å²) < 4.78 is 1.95. The largest absolute Gasteiger partial charge is 0.369 e. The number of primary amides is 1. The van der Waals surface area contributed by atoms with Crippen LogP contribution in [0, 0.1) is 6.07 Å². The minimum atomic E-state index is -0.249.